The average molecular weight is 291 g/mol. The van der Waals surface area contributed by atoms with Crippen LogP contribution in [-0.4, -0.2) is 4.98 Å². The zero-order valence-corrected chi connectivity index (χ0v) is 10.1. The second-order valence-electron chi connectivity index (χ2n) is 2.47. The molecule has 0 bridgehead atoms. The molecule has 1 aromatic heterocycles. The lowest BCUT2D eigenvalue weighted by Crippen LogP contribution is -1.83. The summed E-state index contributed by atoms with van der Waals surface area (Å²) in [5, 5.41) is 2.73. The molecule has 0 aliphatic heterocycles. The third-order valence-corrected chi connectivity index (χ3v) is 3.18. The van der Waals surface area contributed by atoms with E-state index < -0.39 is 0 Å². The van der Waals surface area contributed by atoms with Gasteiger partial charge in [0.2, 0.25) is 0 Å². The highest BCUT2D eigenvalue weighted by Gasteiger charge is 2.04. The van der Waals surface area contributed by atoms with E-state index in [0.717, 1.165) is 10.2 Å². The van der Waals surface area contributed by atoms with Gasteiger partial charge in [-0.1, -0.05) is 35.1 Å². The number of benzene rings is 1. The second-order valence-corrected chi connectivity index (χ2v) is 4.53. The third kappa shape index (κ3) is 2.26. The molecule has 0 radical (unpaired) electrons. The van der Waals surface area contributed by atoms with Crippen molar-refractivity contribution in [2.75, 3.05) is 0 Å². The maximum Gasteiger partial charge on any atom is 0.280 e. The lowest BCUT2D eigenvalue weighted by Gasteiger charge is -2.02. The van der Waals surface area contributed by atoms with Crippen LogP contribution in [0.4, 0.5) is 0 Å². The van der Waals surface area contributed by atoms with E-state index in [1.807, 2.05) is 24.3 Å². The number of ether oxygens (including phenoxy) is 1. The van der Waals surface area contributed by atoms with E-state index in [-0.39, 0.29) is 0 Å². The van der Waals surface area contributed by atoms with Crippen molar-refractivity contribution in [2.24, 2.45) is 0 Å². The van der Waals surface area contributed by atoms with Crippen molar-refractivity contribution in [3.8, 4) is 10.9 Å². The van der Waals surface area contributed by atoms with Gasteiger partial charge in [0.15, 0.2) is 0 Å². The highest BCUT2D eigenvalue weighted by Crippen LogP contribution is 2.31. The lowest BCUT2D eigenvalue weighted by atomic mass is 10.3. The molecule has 0 fully saturated rings. The van der Waals surface area contributed by atoms with Gasteiger partial charge in [0.25, 0.3) is 5.19 Å². The van der Waals surface area contributed by atoms with Gasteiger partial charge in [-0.05, 0) is 28.1 Å². The van der Waals surface area contributed by atoms with Gasteiger partial charge < -0.3 is 4.74 Å². The molecule has 0 spiro atoms. The molecule has 0 aliphatic carbocycles. The smallest absolute Gasteiger partial charge is 0.280 e. The van der Waals surface area contributed by atoms with Crippen molar-refractivity contribution < 1.29 is 4.74 Å². The lowest BCUT2D eigenvalue weighted by molar-refractivity contribution is 0.476. The molecule has 72 valence electrons. The fraction of sp³-hybridized carbons (Fsp3) is 0. The Labute approximate surface area is 98.6 Å². The molecule has 0 N–H and O–H groups in total. The number of rotatable bonds is 2. The summed E-state index contributed by atoms with van der Waals surface area (Å²) in [5.74, 6) is 0.735. The molecule has 2 aromatic rings. The fourth-order valence-corrected chi connectivity index (χ4v) is 2.07. The summed E-state index contributed by atoms with van der Waals surface area (Å²) in [6, 6.07) is 7.59. The van der Waals surface area contributed by atoms with Crippen molar-refractivity contribution in [1.29, 1.82) is 0 Å². The minimum absolute atomic E-state index is 0.456. The van der Waals surface area contributed by atoms with Gasteiger partial charge in [-0.25, -0.2) is 0 Å². The molecule has 1 aromatic carbocycles. The SMILES string of the molecule is Clc1csc(Oc2ccccc2Br)n1. The van der Waals surface area contributed by atoms with Gasteiger partial charge >= 0.3 is 0 Å². The van der Waals surface area contributed by atoms with E-state index in [9.17, 15) is 0 Å². The van der Waals surface area contributed by atoms with E-state index in [4.69, 9.17) is 16.3 Å². The summed E-state index contributed by atoms with van der Waals surface area (Å²) in [5.41, 5.74) is 0. The van der Waals surface area contributed by atoms with E-state index in [0.29, 0.717) is 10.3 Å². The Kier molecular flexibility index (Phi) is 3.05. The highest BCUT2D eigenvalue weighted by atomic mass is 79.9. The topological polar surface area (TPSA) is 22.1 Å². The summed E-state index contributed by atoms with van der Waals surface area (Å²) in [6.45, 7) is 0. The van der Waals surface area contributed by atoms with Gasteiger partial charge in [0, 0.05) is 5.38 Å². The number of thiazole rings is 1. The van der Waals surface area contributed by atoms with Crippen LogP contribution in [0.25, 0.3) is 0 Å². The second kappa shape index (κ2) is 4.29. The van der Waals surface area contributed by atoms with Crippen LogP contribution in [0, 0.1) is 0 Å². The molecule has 0 amide bonds. The largest absolute Gasteiger partial charge is 0.430 e. The van der Waals surface area contributed by atoms with Gasteiger partial charge in [0.1, 0.15) is 10.9 Å². The van der Waals surface area contributed by atoms with Crippen molar-refractivity contribution in [1.82, 2.24) is 4.98 Å². The van der Waals surface area contributed by atoms with E-state index >= 15 is 0 Å². The molecule has 2 nitrogen and oxygen atoms in total. The Balaban J connectivity index is 2.23. The first-order chi connectivity index (χ1) is 6.75. The summed E-state index contributed by atoms with van der Waals surface area (Å²) in [4.78, 5) is 3.99. The third-order valence-electron chi connectivity index (χ3n) is 1.49. The molecule has 2 rings (SSSR count). The Bertz CT molecular complexity index is 446. The van der Waals surface area contributed by atoms with Crippen LogP contribution >= 0.6 is 38.9 Å². The van der Waals surface area contributed by atoms with Crippen molar-refractivity contribution in [2.45, 2.75) is 0 Å². The summed E-state index contributed by atoms with van der Waals surface area (Å²) < 4.78 is 6.40. The van der Waals surface area contributed by atoms with Crippen LogP contribution in [0.5, 0.6) is 10.9 Å². The Morgan fingerprint density at radius 1 is 1.36 bits per heavy atom. The van der Waals surface area contributed by atoms with Crippen LogP contribution in [0.1, 0.15) is 0 Å². The van der Waals surface area contributed by atoms with Crippen molar-refractivity contribution in [3.05, 3.63) is 39.3 Å². The van der Waals surface area contributed by atoms with E-state index in [1.165, 1.54) is 11.3 Å². The molecule has 0 saturated heterocycles. The standard InChI is InChI=1S/C9H5BrClNOS/c10-6-3-1-2-4-7(6)13-9-12-8(11)5-14-9/h1-5H. The van der Waals surface area contributed by atoms with Gasteiger partial charge in [0.05, 0.1) is 4.47 Å². The van der Waals surface area contributed by atoms with Gasteiger partial charge in [-0.15, -0.1) is 0 Å². The molecule has 0 aliphatic rings. The number of hydrogen-bond acceptors (Lipinski definition) is 3. The number of aromatic nitrogens is 1. The monoisotopic (exact) mass is 289 g/mol. The Morgan fingerprint density at radius 2 is 2.14 bits per heavy atom. The average Bonchev–Trinajstić information content (AvgIpc) is 2.56. The first-order valence-corrected chi connectivity index (χ1v) is 5.84. The summed E-state index contributed by atoms with van der Waals surface area (Å²) >= 11 is 10.4. The zero-order valence-electron chi connectivity index (χ0n) is 6.91. The summed E-state index contributed by atoms with van der Waals surface area (Å²) in [6.07, 6.45) is 0. The van der Waals surface area contributed by atoms with E-state index in [1.54, 1.807) is 5.38 Å². The van der Waals surface area contributed by atoms with Crippen LogP contribution in [0.3, 0.4) is 0 Å². The van der Waals surface area contributed by atoms with E-state index in [2.05, 4.69) is 20.9 Å². The van der Waals surface area contributed by atoms with Crippen LogP contribution in [0.15, 0.2) is 34.1 Å². The van der Waals surface area contributed by atoms with Gasteiger partial charge in [-0.3, -0.25) is 0 Å². The zero-order chi connectivity index (χ0) is 9.97. The molecule has 1 heterocycles. The predicted molar refractivity (Wildman–Crippen MR) is 61.3 cm³/mol. The first kappa shape index (κ1) is 9.96. The minimum atomic E-state index is 0.456. The van der Waals surface area contributed by atoms with Crippen LogP contribution in [-0.2, 0) is 0 Å². The molecule has 0 atom stereocenters. The maximum absolute atomic E-state index is 5.67. The Morgan fingerprint density at radius 3 is 2.79 bits per heavy atom. The van der Waals surface area contributed by atoms with Crippen molar-refractivity contribution in [3.63, 3.8) is 0 Å². The first-order valence-electron chi connectivity index (χ1n) is 3.79. The number of para-hydroxylation sites is 1. The molecular weight excluding hydrogens is 286 g/mol. The number of nitrogens with zero attached hydrogens (tertiary/aromatic N) is 1. The number of hydrogen-bond donors (Lipinski definition) is 0. The van der Waals surface area contributed by atoms with Crippen LogP contribution < -0.4 is 4.74 Å². The molecule has 5 heteroatoms. The fourth-order valence-electron chi connectivity index (χ4n) is 0.907. The molecule has 14 heavy (non-hydrogen) atoms. The normalized spacial score (nSPS) is 10.1. The molecular formula is C9H5BrClNOS. The molecule has 0 unspecified atom stereocenters. The van der Waals surface area contributed by atoms with Crippen LogP contribution in [0.2, 0.25) is 5.15 Å². The number of halogens is 2. The predicted octanol–water partition coefficient (Wildman–Crippen LogP) is 4.35. The van der Waals surface area contributed by atoms with Gasteiger partial charge in [-0.2, -0.15) is 4.98 Å². The van der Waals surface area contributed by atoms with Crippen molar-refractivity contribution >= 4 is 38.9 Å². The quantitative estimate of drug-likeness (QED) is 0.820. The molecule has 0 saturated carbocycles. The summed E-state index contributed by atoms with van der Waals surface area (Å²) in [7, 11) is 0. The Hall–Kier alpha value is -0.580. The minimum Gasteiger partial charge on any atom is -0.430 e. The maximum atomic E-state index is 5.67. The highest BCUT2D eigenvalue weighted by molar-refractivity contribution is 9.10.